The lowest BCUT2D eigenvalue weighted by molar-refractivity contribution is 0.201. The van der Waals surface area contributed by atoms with Crippen molar-refractivity contribution in [1.82, 2.24) is 10.5 Å². The van der Waals surface area contributed by atoms with Crippen LogP contribution in [0, 0.1) is 11.8 Å². The zero-order valence-electron chi connectivity index (χ0n) is 9.69. The molecule has 0 amide bonds. The summed E-state index contributed by atoms with van der Waals surface area (Å²) in [5, 5.41) is 7.38. The van der Waals surface area contributed by atoms with Gasteiger partial charge in [0.25, 0.3) is 0 Å². The minimum absolute atomic E-state index is 0.702. The monoisotopic (exact) mass is 220 g/mol. The molecule has 1 saturated heterocycles. The Kier molecular flexibility index (Phi) is 2.96. The van der Waals surface area contributed by atoms with E-state index in [2.05, 4.69) is 10.5 Å². The van der Waals surface area contributed by atoms with Crippen molar-refractivity contribution in [1.29, 1.82) is 0 Å². The fourth-order valence-corrected chi connectivity index (χ4v) is 3.46. The van der Waals surface area contributed by atoms with E-state index in [-0.39, 0.29) is 0 Å². The Labute approximate surface area is 96.6 Å². The Balaban J connectivity index is 1.73. The van der Waals surface area contributed by atoms with Crippen molar-refractivity contribution in [3.8, 4) is 0 Å². The zero-order valence-corrected chi connectivity index (χ0v) is 9.69. The van der Waals surface area contributed by atoms with Crippen molar-refractivity contribution in [2.45, 2.75) is 38.0 Å². The highest BCUT2D eigenvalue weighted by Gasteiger charge is 2.30. The van der Waals surface area contributed by atoms with Crippen LogP contribution in [0.4, 0.5) is 0 Å². The molecule has 2 aliphatic rings. The van der Waals surface area contributed by atoms with E-state index in [0.717, 1.165) is 11.8 Å². The van der Waals surface area contributed by atoms with Gasteiger partial charge in [0.15, 0.2) is 0 Å². The first kappa shape index (κ1) is 10.3. The van der Waals surface area contributed by atoms with Gasteiger partial charge in [-0.05, 0) is 62.9 Å². The van der Waals surface area contributed by atoms with Gasteiger partial charge in [0, 0.05) is 5.56 Å². The SMILES string of the molecule is c1nocc1C1CC2CCNCCC(C2)C1. The minimum atomic E-state index is 0.702. The summed E-state index contributed by atoms with van der Waals surface area (Å²) < 4.78 is 4.98. The van der Waals surface area contributed by atoms with Gasteiger partial charge in [-0.3, -0.25) is 0 Å². The molecule has 2 heterocycles. The average Bonchev–Trinajstić information content (AvgIpc) is 2.80. The van der Waals surface area contributed by atoms with E-state index in [0.29, 0.717) is 5.92 Å². The first-order valence-corrected chi connectivity index (χ1v) is 6.52. The Hall–Kier alpha value is -0.830. The Morgan fingerprint density at radius 1 is 1.12 bits per heavy atom. The third-order valence-corrected chi connectivity index (χ3v) is 4.28. The van der Waals surface area contributed by atoms with E-state index in [9.17, 15) is 0 Å². The number of nitrogens with zero attached hydrogens (tertiary/aromatic N) is 1. The molecule has 1 aromatic rings. The number of fused-ring (bicyclic) bond motifs is 2. The van der Waals surface area contributed by atoms with Crippen LogP contribution >= 0.6 is 0 Å². The van der Waals surface area contributed by atoms with Crippen LogP contribution in [-0.4, -0.2) is 18.2 Å². The van der Waals surface area contributed by atoms with Crippen molar-refractivity contribution in [3.05, 3.63) is 18.0 Å². The molecular weight excluding hydrogens is 200 g/mol. The maximum Gasteiger partial charge on any atom is 0.127 e. The molecule has 1 saturated carbocycles. The molecule has 0 spiro atoms. The zero-order chi connectivity index (χ0) is 10.8. The maximum absolute atomic E-state index is 4.98. The predicted molar refractivity (Wildman–Crippen MR) is 62.2 cm³/mol. The van der Waals surface area contributed by atoms with Crippen LogP contribution in [0.2, 0.25) is 0 Å². The lowest BCUT2D eigenvalue weighted by Crippen LogP contribution is -2.31. The topological polar surface area (TPSA) is 38.1 Å². The molecule has 0 aromatic carbocycles. The summed E-state index contributed by atoms with van der Waals surface area (Å²) in [6.07, 6.45) is 10.6. The fraction of sp³-hybridized carbons (Fsp3) is 0.769. The van der Waals surface area contributed by atoms with Crippen LogP contribution < -0.4 is 5.32 Å². The summed E-state index contributed by atoms with van der Waals surface area (Å²) in [6.45, 7) is 2.40. The summed E-state index contributed by atoms with van der Waals surface area (Å²) in [6, 6.07) is 0. The lowest BCUT2D eigenvalue weighted by Gasteiger charge is -2.36. The second-order valence-electron chi connectivity index (χ2n) is 5.42. The van der Waals surface area contributed by atoms with Crippen LogP contribution in [0.25, 0.3) is 0 Å². The van der Waals surface area contributed by atoms with Gasteiger partial charge in [-0.2, -0.15) is 0 Å². The summed E-state index contributed by atoms with van der Waals surface area (Å²) in [5.41, 5.74) is 1.32. The molecule has 16 heavy (non-hydrogen) atoms. The van der Waals surface area contributed by atoms with Crippen LogP contribution in [-0.2, 0) is 0 Å². The number of nitrogens with one attached hydrogen (secondary N) is 1. The quantitative estimate of drug-likeness (QED) is 0.790. The minimum Gasteiger partial charge on any atom is -0.364 e. The number of hydrogen-bond acceptors (Lipinski definition) is 3. The highest BCUT2D eigenvalue weighted by atomic mass is 16.5. The summed E-state index contributed by atoms with van der Waals surface area (Å²) in [7, 11) is 0. The van der Waals surface area contributed by atoms with E-state index in [1.807, 2.05) is 12.5 Å². The molecule has 88 valence electrons. The second-order valence-corrected chi connectivity index (χ2v) is 5.42. The van der Waals surface area contributed by atoms with E-state index in [1.54, 1.807) is 0 Å². The van der Waals surface area contributed by atoms with Crippen molar-refractivity contribution >= 4 is 0 Å². The predicted octanol–water partition coefficient (Wildman–Crippen LogP) is 2.56. The first-order valence-electron chi connectivity index (χ1n) is 6.52. The van der Waals surface area contributed by atoms with Gasteiger partial charge in [0.1, 0.15) is 6.26 Å². The summed E-state index contributed by atoms with van der Waals surface area (Å²) >= 11 is 0. The molecule has 2 atom stereocenters. The summed E-state index contributed by atoms with van der Waals surface area (Å²) in [5.74, 6) is 2.52. The van der Waals surface area contributed by atoms with Gasteiger partial charge in [-0.15, -0.1) is 0 Å². The van der Waals surface area contributed by atoms with Crippen molar-refractivity contribution in [3.63, 3.8) is 0 Å². The molecule has 2 bridgehead atoms. The molecule has 1 N–H and O–H groups in total. The van der Waals surface area contributed by atoms with Gasteiger partial charge < -0.3 is 9.84 Å². The Bertz CT molecular complexity index is 309. The normalized spacial score (nSPS) is 35.4. The third-order valence-electron chi connectivity index (χ3n) is 4.28. The molecule has 3 nitrogen and oxygen atoms in total. The van der Waals surface area contributed by atoms with E-state index >= 15 is 0 Å². The van der Waals surface area contributed by atoms with Gasteiger partial charge in [-0.25, -0.2) is 0 Å². The van der Waals surface area contributed by atoms with Crippen LogP contribution in [0.1, 0.15) is 43.6 Å². The van der Waals surface area contributed by atoms with Gasteiger partial charge in [0.2, 0.25) is 0 Å². The molecule has 0 radical (unpaired) electrons. The van der Waals surface area contributed by atoms with E-state index in [4.69, 9.17) is 4.52 Å². The maximum atomic E-state index is 4.98. The summed E-state index contributed by atoms with van der Waals surface area (Å²) in [4.78, 5) is 0. The average molecular weight is 220 g/mol. The third kappa shape index (κ3) is 2.14. The van der Waals surface area contributed by atoms with Crippen molar-refractivity contribution in [2.75, 3.05) is 13.1 Å². The number of aromatic nitrogens is 1. The van der Waals surface area contributed by atoms with Crippen molar-refractivity contribution < 1.29 is 4.52 Å². The second kappa shape index (κ2) is 4.58. The van der Waals surface area contributed by atoms with Gasteiger partial charge >= 0.3 is 0 Å². The number of rotatable bonds is 1. The highest BCUT2D eigenvalue weighted by molar-refractivity contribution is 5.10. The molecule has 2 unspecified atom stereocenters. The smallest absolute Gasteiger partial charge is 0.127 e. The molecule has 3 rings (SSSR count). The number of hydrogen-bond donors (Lipinski definition) is 1. The highest BCUT2D eigenvalue weighted by Crippen LogP contribution is 2.42. The molecular formula is C13H20N2O. The van der Waals surface area contributed by atoms with Crippen molar-refractivity contribution in [2.24, 2.45) is 11.8 Å². The van der Waals surface area contributed by atoms with Crippen LogP contribution in [0.5, 0.6) is 0 Å². The van der Waals surface area contributed by atoms with E-state index < -0.39 is 0 Å². The lowest BCUT2D eigenvalue weighted by atomic mass is 9.70. The molecule has 1 aromatic heterocycles. The molecule has 2 fully saturated rings. The molecule has 3 heteroatoms. The van der Waals surface area contributed by atoms with Gasteiger partial charge in [-0.1, -0.05) is 5.16 Å². The molecule has 1 aliphatic carbocycles. The largest absolute Gasteiger partial charge is 0.364 e. The fourth-order valence-electron chi connectivity index (χ4n) is 3.46. The molecule has 1 aliphatic heterocycles. The van der Waals surface area contributed by atoms with Crippen LogP contribution in [0.3, 0.4) is 0 Å². The standard InChI is InChI=1S/C13H20N2O/c1-3-14-4-2-11-5-10(1)6-12(7-11)13-8-15-16-9-13/h8-12,14H,1-7H2. The first-order chi connectivity index (χ1) is 7.92. The Morgan fingerprint density at radius 3 is 2.50 bits per heavy atom. The van der Waals surface area contributed by atoms with Gasteiger partial charge in [0.05, 0.1) is 6.20 Å². The van der Waals surface area contributed by atoms with E-state index in [1.165, 1.54) is 50.8 Å². The Morgan fingerprint density at radius 2 is 1.88 bits per heavy atom. The van der Waals surface area contributed by atoms with Crippen LogP contribution in [0.15, 0.2) is 17.0 Å².